The lowest BCUT2D eigenvalue weighted by molar-refractivity contribution is -0.192. The molecule has 3 saturated heterocycles. The normalized spacial score (nSPS) is 21.8. The molecule has 3 unspecified atom stereocenters. The van der Waals surface area contributed by atoms with E-state index in [1.165, 1.54) is 0 Å². The van der Waals surface area contributed by atoms with E-state index in [2.05, 4.69) is 41.1 Å². The third-order valence-electron chi connectivity index (χ3n) is 9.21. The number of amides is 3. The minimum atomic E-state index is -5.08. The van der Waals surface area contributed by atoms with Crippen LogP contribution >= 0.6 is 0 Å². The number of halogens is 3. The fourth-order valence-electron chi connectivity index (χ4n) is 6.92. The molecule has 3 fully saturated rings. The van der Waals surface area contributed by atoms with Gasteiger partial charge in [0, 0.05) is 57.8 Å². The summed E-state index contributed by atoms with van der Waals surface area (Å²) in [6, 6.07) is 16.1. The largest absolute Gasteiger partial charge is 0.490 e. The van der Waals surface area contributed by atoms with Crippen molar-refractivity contribution in [3.8, 4) is 0 Å². The highest BCUT2D eigenvalue weighted by Gasteiger charge is 2.42. The molecule has 3 amide bonds. The second kappa shape index (κ2) is 15.3. The fourth-order valence-corrected chi connectivity index (χ4v) is 6.92. The maximum Gasteiger partial charge on any atom is 0.490 e. The number of hydrogen-bond donors (Lipinski definition) is 2. The highest BCUT2D eigenvalue weighted by Crippen LogP contribution is 2.33. The molecular formula is C35H45F3N4O5. The Morgan fingerprint density at radius 3 is 2.02 bits per heavy atom. The van der Waals surface area contributed by atoms with Gasteiger partial charge in [0.05, 0.1) is 12.0 Å². The molecule has 3 aliphatic rings. The molecule has 3 aliphatic heterocycles. The van der Waals surface area contributed by atoms with Gasteiger partial charge < -0.3 is 25.1 Å². The fraction of sp³-hybridized carbons (Fsp3) is 0.543. The third kappa shape index (κ3) is 9.33. The number of aliphatic carboxylic acids is 1. The molecule has 256 valence electrons. The Labute approximate surface area is 274 Å². The average molecular weight is 659 g/mol. The minimum Gasteiger partial charge on any atom is -0.475 e. The van der Waals surface area contributed by atoms with Crippen LogP contribution in [0.15, 0.2) is 48.5 Å². The molecule has 47 heavy (non-hydrogen) atoms. The zero-order valence-electron chi connectivity index (χ0n) is 27.4. The van der Waals surface area contributed by atoms with Gasteiger partial charge in [-0.15, -0.1) is 0 Å². The Kier molecular flexibility index (Phi) is 11.7. The van der Waals surface area contributed by atoms with Gasteiger partial charge in [-0.2, -0.15) is 13.2 Å². The van der Waals surface area contributed by atoms with E-state index in [0.717, 1.165) is 61.4 Å². The van der Waals surface area contributed by atoms with E-state index in [4.69, 9.17) is 9.90 Å². The van der Waals surface area contributed by atoms with Gasteiger partial charge in [0.25, 0.3) is 5.91 Å². The van der Waals surface area contributed by atoms with Crippen LogP contribution in [-0.2, 0) is 14.4 Å². The molecule has 0 bridgehead atoms. The number of benzene rings is 2. The molecular weight excluding hydrogens is 613 g/mol. The van der Waals surface area contributed by atoms with E-state index < -0.39 is 12.1 Å². The molecule has 3 heterocycles. The second-order valence-corrected chi connectivity index (χ2v) is 13.4. The van der Waals surface area contributed by atoms with Crippen molar-refractivity contribution in [2.45, 2.75) is 52.8 Å². The van der Waals surface area contributed by atoms with Crippen molar-refractivity contribution in [3.63, 3.8) is 0 Å². The first-order chi connectivity index (χ1) is 22.1. The molecule has 2 N–H and O–H groups in total. The number of fused-ring (bicyclic) bond motifs is 1. The number of carbonyl (C=O) groups excluding carboxylic acids is 3. The Hall–Kier alpha value is -3.93. The summed E-state index contributed by atoms with van der Waals surface area (Å²) in [5, 5.41) is 10.4. The van der Waals surface area contributed by atoms with Gasteiger partial charge in [0.15, 0.2) is 0 Å². The summed E-state index contributed by atoms with van der Waals surface area (Å²) in [5.41, 5.74) is 4.06. The van der Waals surface area contributed by atoms with Crippen LogP contribution in [0.1, 0.15) is 59.8 Å². The number of alkyl halides is 3. The van der Waals surface area contributed by atoms with Crippen molar-refractivity contribution in [2.75, 3.05) is 45.8 Å². The molecule has 4 atom stereocenters. The number of rotatable bonds is 9. The van der Waals surface area contributed by atoms with Gasteiger partial charge in [-0.3, -0.25) is 14.4 Å². The monoisotopic (exact) mass is 658 g/mol. The van der Waals surface area contributed by atoms with Gasteiger partial charge in [0.2, 0.25) is 11.8 Å². The van der Waals surface area contributed by atoms with Crippen LogP contribution in [0.2, 0.25) is 0 Å². The third-order valence-corrected chi connectivity index (χ3v) is 9.21. The number of aryl methyl sites for hydroxylation is 2. The lowest BCUT2D eigenvalue weighted by atomic mass is 10.0. The summed E-state index contributed by atoms with van der Waals surface area (Å²) in [4.78, 5) is 54.4. The van der Waals surface area contributed by atoms with Gasteiger partial charge in [-0.25, -0.2) is 4.79 Å². The Bertz CT molecular complexity index is 1400. The van der Waals surface area contributed by atoms with E-state index in [9.17, 15) is 27.6 Å². The van der Waals surface area contributed by atoms with Gasteiger partial charge in [-0.1, -0.05) is 62.4 Å². The van der Waals surface area contributed by atoms with Gasteiger partial charge in [0.1, 0.15) is 0 Å². The standard InChI is InChI=1S/C33H44N4O3.C2HF3O2/c1-22(2)16-36-19-26(15-30(36)38)32(39)34-29(25-11-6-5-7-12-25)13-14-35-17-27-20-37(21-28(27)18-35)33(40)31-23(3)9-8-10-24(31)4;3-2(4,5)1(6)7/h5-12,22,26-29H,13-21H2,1-4H3,(H,34,39);(H,6,7)/t26?,27-,28?,29?;/m0./s1. The molecule has 0 radical (unpaired) electrons. The number of hydrogen-bond acceptors (Lipinski definition) is 5. The molecule has 0 saturated carbocycles. The molecule has 2 aromatic carbocycles. The average Bonchev–Trinajstić information content (AvgIpc) is 3.68. The first kappa shape index (κ1) is 35.9. The van der Waals surface area contributed by atoms with Crippen molar-refractivity contribution in [2.24, 2.45) is 23.7 Å². The summed E-state index contributed by atoms with van der Waals surface area (Å²) >= 11 is 0. The van der Waals surface area contributed by atoms with Crippen molar-refractivity contribution < 1.29 is 37.5 Å². The summed E-state index contributed by atoms with van der Waals surface area (Å²) in [5.74, 6) is -1.44. The smallest absolute Gasteiger partial charge is 0.475 e. The number of nitrogens with zero attached hydrogens (tertiary/aromatic N) is 3. The van der Waals surface area contributed by atoms with Crippen LogP contribution < -0.4 is 5.32 Å². The molecule has 9 nitrogen and oxygen atoms in total. The van der Waals surface area contributed by atoms with Crippen LogP contribution in [0.5, 0.6) is 0 Å². The summed E-state index contributed by atoms with van der Waals surface area (Å²) in [6.07, 6.45) is -3.97. The first-order valence-electron chi connectivity index (χ1n) is 16.1. The van der Waals surface area contributed by atoms with Crippen LogP contribution in [0.4, 0.5) is 13.2 Å². The molecule has 0 aromatic heterocycles. The lowest BCUT2D eigenvalue weighted by Crippen LogP contribution is -2.38. The number of carboxylic acid groups (broad SMARTS) is 1. The highest BCUT2D eigenvalue weighted by molar-refractivity contribution is 5.97. The van der Waals surface area contributed by atoms with E-state index in [0.29, 0.717) is 37.3 Å². The van der Waals surface area contributed by atoms with Crippen molar-refractivity contribution >= 4 is 23.7 Å². The minimum absolute atomic E-state index is 0.0209. The molecule has 12 heteroatoms. The number of likely N-dealkylation sites (tertiary alicyclic amines) is 3. The van der Waals surface area contributed by atoms with E-state index >= 15 is 0 Å². The molecule has 0 spiro atoms. The highest BCUT2D eigenvalue weighted by atomic mass is 19.4. The number of carbonyl (C=O) groups is 4. The Morgan fingerprint density at radius 1 is 0.915 bits per heavy atom. The van der Waals surface area contributed by atoms with E-state index in [1.54, 1.807) is 0 Å². The number of carboxylic acids is 1. The van der Waals surface area contributed by atoms with Crippen LogP contribution in [0.3, 0.4) is 0 Å². The van der Waals surface area contributed by atoms with E-state index in [-0.39, 0.29) is 29.7 Å². The predicted octanol–water partition coefficient (Wildman–Crippen LogP) is 4.69. The van der Waals surface area contributed by atoms with Crippen molar-refractivity contribution in [3.05, 3.63) is 70.8 Å². The van der Waals surface area contributed by atoms with Crippen molar-refractivity contribution in [1.82, 2.24) is 20.0 Å². The summed E-state index contributed by atoms with van der Waals surface area (Å²) in [6.45, 7) is 13.9. The Morgan fingerprint density at radius 2 is 1.49 bits per heavy atom. The summed E-state index contributed by atoms with van der Waals surface area (Å²) in [7, 11) is 0. The topological polar surface area (TPSA) is 110 Å². The maximum absolute atomic E-state index is 13.3. The first-order valence-corrected chi connectivity index (χ1v) is 16.1. The van der Waals surface area contributed by atoms with Gasteiger partial charge in [-0.05, 0) is 54.7 Å². The second-order valence-electron chi connectivity index (χ2n) is 13.4. The van der Waals surface area contributed by atoms with Crippen LogP contribution in [0.25, 0.3) is 0 Å². The van der Waals surface area contributed by atoms with Gasteiger partial charge >= 0.3 is 12.1 Å². The zero-order valence-corrected chi connectivity index (χ0v) is 27.4. The summed E-state index contributed by atoms with van der Waals surface area (Å²) < 4.78 is 31.7. The van der Waals surface area contributed by atoms with E-state index in [1.807, 2.05) is 55.1 Å². The van der Waals surface area contributed by atoms with Crippen LogP contribution in [-0.4, -0.2) is 95.5 Å². The van der Waals surface area contributed by atoms with Crippen molar-refractivity contribution in [1.29, 1.82) is 0 Å². The SMILES string of the molecule is Cc1cccc(C)c1C(=O)N1CC2CN(CCC(NC(=O)C3CC(=O)N(CC(C)C)C3)c3ccccc3)C[C@H]2C1.O=C(O)C(F)(F)F. The quantitative estimate of drug-likeness (QED) is 0.405. The van der Waals surface area contributed by atoms with Crippen LogP contribution in [0, 0.1) is 37.5 Å². The Balaban J connectivity index is 0.000000644. The number of nitrogens with one attached hydrogen (secondary N) is 1. The molecule has 5 rings (SSSR count). The molecule has 0 aliphatic carbocycles. The maximum atomic E-state index is 13.3. The zero-order chi connectivity index (χ0) is 34.5. The predicted molar refractivity (Wildman–Crippen MR) is 170 cm³/mol. The lowest BCUT2D eigenvalue weighted by Gasteiger charge is -2.26. The molecule has 2 aromatic rings.